The van der Waals surface area contributed by atoms with Crippen LogP contribution in [-0.4, -0.2) is 16.8 Å². The number of aliphatic hydroxyl groups is 2. The molecule has 66 valence electrons. The van der Waals surface area contributed by atoms with Gasteiger partial charge in [-0.2, -0.15) is 0 Å². The highest BCUT2D eigenvalue weighted by molar-refractivity contribution is 9.10. The summed E-state index contributed by atoms with van der Waals surface area (Å²) in [6, 6.07) is 5.02. The first-order valence-corrected chi connectivity index (χ1v) is 4.56. The van der Waals surface area contributed by atoms with E-state index in [4.69, 9.17) is 16.7 Å². The number of hydrogen-bond acceptors (Lipinski definition) is 2. The van der Waals surface area contributed by atoms with Gasteiger partial charge in [-0.15, -0.1) is 0 Å². The van der Waals surface area contributed by atoms with Gasteiger partial charge in [-0.25, -0.2) is 0 Å². The van der Waals surface area contributed by atoms with E-state index in [1.54, 1.807) is 18.2 Å². The van der Waals surface area contributed by atoms with E-state index in [1.165, 1.54) is 0 Å². The Bertz CT molecular complexity index is 278. The molecule has 2 nitrogen and oxygen atoms in total. The molecular weight excluding hydrogens is 243 g/mol. The fourth-order valence-electron chi connectivity index (χ4n) is 0.825. The standard InChI is InChI=1S/C8H8BrClO2/c9-6-3-5(8(12)4-11)1-2-7(6)10/h1-3,8,11-12H,4H2. The Labute approximate surface area is 83.9 Å². The van der Waals surface area contributed by atoms with E-state index in [2.05, 4.69) is 15.9 Å². The normalized spacial score (nSPS) is 13.0. The Kier molecular flexibility index (Phi) is 3.53. The maximum Gasteiger partial charge on any atom is 0.102 e. The Balaban J connectivity index is 2.96. The molecule has 0 radical (unpaired) electrons. The fourth-order valence-corrected chi connectivity index (χ4v) is 1.34. The zero-order valence-corrected chi connectivity index (χ0v) is 8.51. The number of halogens is 2. The van der Waals surface area contributed by atoms with E-state index in [1.807, 2.05) is 0 Å². The minimum atomic E-state index is -0.835. The van der Waals surface area contributed by atoms with E-state index in [0.717, 1.165) is 0 Å². The van der Waals surface area contributed by atoms with E-state index in [-0.39, 0.29) is 6.61 Å². The summed E-state index contributed by atoms with van der Waals surface area (Å²) in [6.07, 6.45) is -0.835. The van der Waals surface area contributed by atoms with Gasteiger partial charge in [0.2, 0.25) is 0 Å². The van der Waals surface area contributed by atoms with Crippen molar-refractivity contribution < 1.29 is 10.2 Å². The van der Waals surface area contributed by atoms with Gasteiger partial charge < -0.3 is 10.2 Å². The smallest absolute Gasteiger partial charge is 0.102 e. The van der Waals surface area contributed by atoms with Gasteiger partial charge in [0.15, 0.2) is 0 Å². The molecule has 0 fully saturated rings. The van der Waals surface area contributed by atoms with E-state index >= 15 is 0 Å². The van der Waals surface area contributed by atoms with E-state index in [0.29, 0.717) is 15.1 Å². The Morgan fingerprint density at radius 2 is 2.17 bits per heavy atom. The lowest BCUT2D eigenvalue weighted by Gasteiger charge is -2.07. The molecule has 1 aromatic carbocycles. The van der Waals surface area contributed by atoms with Crippen molar-refractivity contribution in [1.82, 2.24) is 0 Å². The lowest BCUT2D eigenvalue weighted by Crippen LogP contribution is -2.01. The molecule has 1 aromatic rings. The highest BCUT2D eigenvalue weighted by atomic mass is 79.9. The van der Waals surface area contributed by atoms with Gasteiger partial charge in [0.1, 0.15) is 6.10 Å². The molecular formula is C8H8BrClO2. The summed E-state index contributed by atoms with van der Waals surface area (Å²) in [7, 11) is 0. The fraction of sp³-hybridized carbons (Fsp3) is 0.250. The molecule has 0 spiro atoms. The van der Waals surface area contributed by atoms with Crippen LogP contribution in [0.4, 0.5) is 0 Å². The predicted octanol–water partition coefficient (Wildman–Crippen LogP) is 2.13. The molecule has 0 bridgehead atoms. The largest absolute Gasteiger partial charge is 0.393 e. The zero-order valence-electron chi connectivity index (χ0n) is 6.17. The molecule has 0 amide bonds. The summed E-state index contributed by atoms with van der Waals surface area (Å²) in [5.41, 5.74) is 0.647. The summed E-state index contributed by atoms with van der Waals surface area (Å²) in [5, 5.41) is 18.5. The maximum absolute atomic E-state index is 9.23. The average molecular weight is 252 g/mol. The van der Waals surface area contributed by atoms with Crippen LogP contribution in [0.15, 0.2) is 22.7 Å². The van der Waals surface area contributed by atoms with Crippen LogP contribution in [0.2, 0.25) is 5.02 Å². The first-order chi connectivity index (χ1) is 5.65. The average Bonchev–Trinajstić information content (AvgIpc) is 2.08. The van der Waals surface area contributed by atoms with Crippen LogP contribution in [-0.2, 0) is 0 Å². The van der Waals surface area contributed by atoms with Gasteiger partial charge in [-0.1, -0.05) is 17.7 Å². The second-order valence-electron chi connectivity index (χ2n) is 2.37. The van der Waals surface area contributed by atoms with Crippen LogP contribution < -0.4 is 0 Å². The van der Waals surface area contributed by atoms with Gasteiger partial charge in [0.25, 0.3) is 0 Å². The molecule has 0 aliphatic carbocycles. The molecule has 2 N–H and O–H groups in total. The third-order valence-electron chi connectivity index (χ3n) is 1.50. The molecule has 0 aliphatic heterocycles. The van der Waals surface area contributed by atoms with Crippen LogP contribution in [0, 0.1) is 0 Å². The van der Waals surface area contributed by atoms with Crippen molar-refractivity contribution in [1.29, 1.82) is 0 Å². The molecule has 12 heavy (non-hydrogen) atoms. The molecule has 1 rings (SSSR count). The quantitative estimate of drug-likeness (QED) is 0.845. The van der Waals surface area contributed by atoms with Gasteiger partial charge in [0.05, 0.1) is 11.6 Å². The molecule has 0 aromatic heterocycles. The van der Waals surface area contributed by atoms with Crippen molar-refractivity contribution in [2.45, 2.75) is 6.10 Å². The highest BCUT2D eigenvalue weighted by Crippen LogP contribution is 2.25. The van der Waals surface area contributed by atoms with Crippen molar-refractivity contribution in [3.8, 4) is 0 Å². The van der Waals surface area contributed by atoms with Crippen LogP contribution >= 0.6 is 27.5 Å². The number of aliphatic hydroxyl groups excluding tert-OH is 2. The first-order valence-electron chi connectivity index (χ1n) is 3.39. The van der Waals surface area contributed by atoms with Crippen molar-refractivity contribution in [2.24, 2.45) is 0 Å². The van der Waals surface area contributed by atoms with Crippen LogP contribution in [0.5, 0.6) is 0 Å². The second-order valence-corrected chi connectivity index (χ2v) is 3.63. The molecule has 0 saturated carbocycles. The monoisotopic (exact) mass is 250 g/mol. The molecule has 4 heteroatoms. The van der Waals surface area contributed by atoms with Gasteiger partial charge >= 0.3 is 0 Å². The first kappa shape index (κ1) is 9.99. The molecule has 0 aliphatic rings. The lowest BCUT2D eigenvalue weighted by atomic mass is 10.1. The number of rotatable bonds is 2. The van der Waals surface area contributed by atoms with Crippen molar-refractivity contribution in [3.63, 3.8) is 0 Å². The zero-order chi connectivity index (χ0) is 9.14. The lowest BCUT2D eigenvalue weighted by molar-refractivity contribution is 0.0956. The third-order valence-corrected chi connectivity index (χ3v) is 2.72. The summed E-state index contributed by atoms with van der Waals surface area (Å²) >= 11 is 8.96. The Morgan fingerprint density at radius 3 is 2.67 bits per heavy atom. The summed E-state index contributed by atoms with van der Waals surface area (Å²) < 4.78 is 0.717. The van der Waals surface area contributed by atoms with Crippen molar-refractivity contribution in [3.05, 3.63) is 33.3 Å². The molecule has 0 heterocycles. The Morgan fingerprint density at radius 1 is 1.50 bits per heavy atom. The number of hydrogen-bond donors (Lipinski definition) is 2. The van der Waals surface area contributed by atoms with Gasteiger partial charge in [-0.05, 0) is 33.6 Å². The van der Waals surface area contributed by atoms with Gasteiger partial charge in [0, 0.05) is 4.47 Å². The molecule has 1 unspecified atom stereocenters. The third kappa shape index (κ3) is 2.20. The van der Waals surface area contributed by atoms with E-state index in [9.17, 15) is 5.11 Å². The summed E-state index contributed by atoms with van der Waals surface area (Å²) in [4.78, 5) is 0. The molecule has 0 saturated heterocycles. The minimum Gasteiger partial charge on any atom is -0.393 e. The predicted molar refractivity (Wildman–Crippen MR) is 51.2 cm³/mol. The van der Waals surface area contributed by atoms with Crippen LogP contribution in [0.25, 0.3) is 0 Å². The summed E-state index contributed by atoms with van der Waals surface area (Å²) in [5.74, 6) is 0. The van der Waals surface area contributed by atoms with Crippen LogP contribution in [0.1, 0.15) is 11.7 Å². The molecule has 1 atom stereocenters. The van der Waals surface area contributed by atoms with Crippen molar-refractivity contribution in [2.75, 3.05) is 6.61 Å². The number of benzene rings is 1. The summed E-state index contributed by atoms with van der Waals surface area (Å²) in [6.45, 7) is -0.284. The topological polar surface area (TPSA) is 40.5 Å². The van der Waals surface area contributed by atoms with Crippen molar-refractivity contribution >= 4 is 27.5 Å². The van der Waals surface area contributed by atoms with E-state index < -0.39 is 6.10 Å². The van der Waals surface area contributed by atoms with Crippen LogP contribution in [0.3, 0.4) is 0 Å². The second kappa shape index (κ2) is 4.23. The minimum absolute atomic E-state index is 0.284. The Hall–Kier alpha value is -0.0900. The SMILES string of the molecule is OCC(O)c1ccc(Cl)c(Br)c1. The van der Waals surface area contributed by atoms with Gasteiger partial charge in [-0.3, -0.25) is 0 Å². The maximum atomic E-state index is 9.23. The highest BCUT2D eigenvalue weighted by Gasteiger charge is 2.06.